The number of aromatic nitrogens is 2. The van der Waals surface area contributed by atoms with Crippen molar-refractivity contribution in [1.82, 2.24) is 24.5 Å². The van der Waals surface area contributed by atoms with E-state index in [1.54, 1.807) is 28.6 Å². The van der Waals surface area contributed by atoms with E-state index in [1.165, 1.54) is 13.3 Å². The van der Waals surface area contributed by atoms with Crippen LogP contribution in [0.25, 0.3) is 11.3 Å². The molecule has 0 unspecified atom stereocenters. The average molecular weight is 635 g/mol. The van der Waals surface area contributed by atoms with Crippen molar-refractivity contribution in [2.24, 2.45) is 23.7 Å². The van der Waals surface area contributed by atoms with E-state index in [9.17, 15) is 23.1 Å². The molecule has 11 nitrogen and oxygen atoms in total. The van der Waals surface area contributed by atoms with Crippen molar-refractivity contribution in [2.45, 2.75) is 51.0 Å². The maximum atomic E-state index is 14.1. The van der Waals surface area contributed by atoms with Crippen LogP contribution in [0.5, 0.6) is 0 Å². The molecule has 3 fully saturated rings. The number of carbonyl (C=O) groups is 2. The maximum absolute atomic E-state index is 14.1. The number of halogens is 1. The molecule has 43 heavy (non-hydrogen) atoms. The van der Waals surface area contributed by atoms with Crippen LogP contribution in [0, 0.1) is 23.7 Å². The standard InChI is InChI=1S/C30H43ClN6O5S/c1-32-17-19-4-6-22(7-5-19)29(38)37-18-23(20-12-14-36(15-13-20)43(3,41)42)16-25(37)28-33-26(27(31)34-28)21-8-10-24(11-9-21)35(2)30(39)40/h8-11,19-20,22-23,25,32H,4-7,12-18H2,1-3H3,(H,33,34)(H,39,40)/t19?,22?,23-,25-/m0/s1. The van der Waals surface area contributed by atoms with Crippen LogP contribution in [0.1, 0.15) is 56.8 Å². The van der Waals surface area contributed by atoms with Crippen molar-refractivity contribution in [1.29, 1.82) is 0 Å². The van der Waals surface area contributed by atoms with Gasteiger partial charge < -0.3 is 20.3 Å². The fourth-order valence-electron chi connectivity index (χ4n) is 7.20. The second-order valence-electron chi connectivity index (χ2n) is 12.5. The molecule has 1 aromatic carbocycles. The number of H-pyrrole nitrogens is 1. The molecule has 236 valence electrons. The van der Waals surface area contributed by atoms with E-state index in [2.05, 4.69) is 10.3 Å². The summed E-state index contributed by atoms with van der Waals surface area (Å²) in [7, 11) is 0.242. The van der Waals surface area contributed by atoms with Gasteiger partial charge in [-0.25, -0.2) is 22.5 Å². The largest absolute Gasteiger partial charge is 0.465 e. The van der Waals surface area contributed by atoms with E-state index in [1.807, 2.05) is 11.9 Å². The summed E-state index contributed by atoms with van der Waals surface area (Å²) < 4.78 is 25.7. The van der Waals surface area contributed by atoms with Gasteiger partial charge in [0, 0.05) is 43.9 Å². The molecule has 13 heteroatoms. The molecule has 2 aromatic rings. The van der Waals surface area contributed by atoms with Crippen LogP contribution in [0.2, 0.25) is 5.15 Å². The minimum Gasteiger partial charge on any atom is -0.465 e. The van der Waals surface area contributed by atoms with E-state index in [0.29, 0.717) is 53.8 Å². The molecule has 1 aromatic heterocycles. The van der Waals surface area contributed by atoms with Crippen molar-refractivity contribution in [3.63, 3.8) is 0 Å². The van der Waals surface area contributed by atoms with Crippen LogP contribution in [-0.2, 0) is 14.8 Å². The number of aromatic amines is 1. The Morgan fingerprint density at radius 2 is 1.74 bits per heavy atom. The normalized spacial score (nSPS) is 25.6. The van der Waals surface area contributed by atoms with Gasteiger partial charge in [0.05, 0.1) is 12.3 Å². The Kier molecular flexibility index (Phi) is 9.70. The zero-order valence-corrected chi connectivity index (χ0v) is 26.7. The number of nitrogens with one attached hydrogen (secondary N) is 2. The van der Waals surface area contributed by atoms with Gasteiger partial charge in [0.15, 0.2) is 0 Å². The quantitative estimate of drug-likeness (QED) is 0.390. The number of hydrogen-bond acceptors (Lipinski definition) is 6. The van der Waals surface area contributed by atoms with Gasteiger partial charge in [-0.3, -0.25) is 9.69 Å². The number of rotatable bonds is 8. The zero-order valence-electron chi connectivity index (χ0n) is 25.1. The lowest BCUT2D eigenvalue weighted by Crippen LogP contribution is -2.41. The van der Waals surface area contributed by atoms with E-state index in [-0.39, 0.29) is 23.8 Å². The number of sulfonamides is 1. The van der Waals surface area contributed by atoms with Crippen LogP contribution in [0.3, 0.4) is 0 Å². The Morgan fingerprint density at radius 3 is 2.33 bits per heavy atom. The Labute approximate surface area is 259 Å². The smallest absolute Gasteiger partial charge is 0.411 e. The lowest BCUT2D eigenvalue weighted by atomic mass is 9.81. The predicted molar refractivity (Wildman–Crippen MR) is 167 cm³/mol. The van der Waals surface area contributed by atoms with Gasteiger partial charge in [-0.15, -0.1) is 0 Å². The van der Waals surface area contributed by atoms with Gasteiger partial charge in [0.2, 0.25) is 15.9 Å². The van der Waals surface area contributed by atoms with E-state index in [0.717, 1.165) is 62.0 Å². The highest BCUT2D eigenvalue weighted by Crippen LogP contribution is 2.44. The molecule has 3 N–H and O–H groups in total. The number of benzene rings is 1. The first kappa shape index (κ1) is 31.7. The molecule has 2 saturated heterocycles. The highest BCUT2D eigenvalue weighted by atomic mass is 35.5. The molecule has 3 heterocycles. The minimum atomic E-state index is -3.21. The first-order valence-electron chi connectivity index (χ1n) is 15.2. The Bertz CT molecular complexity index is 1400. The number of likely N-dealkylation sites (tertiary alicyclic amines) is 1. The summed E-state index contributed by atoms with van der Waals surface area (Å²) in [6.45, 7) is 2.63. The topological polar surface area (TPSA) is 139 Å². The second-order valence-corrected chi connectivity index (χ2v) is 14.8. The molecular weight excluding hydrogens is 592 g/mol. The third-order valence-electron chi connectivity index (χ3n) is 9.75. The van der Waals surface area contributed by atoms with E-state index < -0.39 is 16.1 Å². The van der Waals surface area contributed by atoms with E-state index >= 15 is 0 Å². The maximum Gasteiger partial charge on any atom is 0.411 e. The van der Waals surface area contributed by atoms with Crippen molar-refractivity contribution in [3.8, 4) is 11.3 Å². The van der Waals surface area contributed by atoms with Gasteiger partial charge in [-0.1, -0.05) is 23.7 Å². The molecule has 0 radical (unpaired) electrons. The second kappa shape index (κ2) is 13.1. The SMILES string of the molecule is CNCC1CCC(C(=O)N2C[C@@H](C3CCN(S(C)(=O)=O)CC3)C[C@H]2c2nc(-c3ccc(N(C)C(=O)O)cc3)c(Cl)[nH]2)CC1. The molecule has 1 aliphatic carbocycles. The molecule has 1 saturated carbocycles. The summed E-state index contributed by atoms with van der Waals surface area (Å²) in [5, 5.41) is 12.9. The first-order valence-corrected chi connectivity index (χ1v) is 17.4. The molecule has 2 amide bonds. The van der Waals surface area contributed by atoms with Gasteiger partial charge >= 0.3 is 6.09 Å². The Hall–Kier alpha value is -2.67. The highest BCUT2D eigenvalue weighted by molar-refractivity contribution is 7.88. The third kappa shape index (κ3) is 7.02. The summed E-state index contributed by atoms with van der Waals surface area (Å²) in [6.07, 6.45) is 6.36. The first-order chi connectivity index (χ1) is 20.5. The molecule has 2 atom stereocenters. The molecule has 0 bridgehead atoms. The predicted octanol–water partition coefficient (Wildman–Crippen LogP) is 4.43. The van der Waals surface area contributed by atoms with Crippen LogP contribution >= 0.6 is 11.6 Å². The molecule has 2 aliphatic heterocycles. The number of amides is 2. The number of carboxylic acid groups (broad SMARTS) is 1. The van der Waals surface area contributed by atoms with E-state index in [4.69, 9.17) is 16.6 Å². The lowest BCUT2D eigenvalue weighted by Gasteiger charge is -2.34. The fraction of sp³-hybridized carbons (Fsp3) is 0.633. The van der Waals surface area contributed by atoms with Crippen LogP contribution in [0.4, 0.5) is 10.5 Å². The summed E-state index contributed by atoms with van der Waals surface area (Å²) in [5.41, 5.74) is 1.84. The lowest BCUT2D eigenvalue weighted by molar-refractivity contribution is -0.138. The van der Waals surface area contributed by atoms with Gasteiger partial charge in [0.1, 0.15) is 16.7 Å². The number of piperidine rings is 1. The van der Waals surface area contributed by atoms with Crippen molar-refractivity contribution < 1.29 is 23.1 Å². The molecule has 5 rings (SSSR count). The van der Waals surface area contributed by atoms with Gasteiger partial charge in [-0.2, -0.15) is 0 Å². The van der Waals surface area contributed by atoms with Crippen molar-refractivity contribution >= 4 is 39.3 Å². The number of nitrogens with zero attached hydrogens (tertiary/aromatic N) is 4. The highest BCUT2D eigenvalue weighted by Gasteiger charge is 2.44. The summed E-state index contributed by atoms with van der Waals surface area (Å²) in [6, 6.07) is 6.76. The zero-order chi connectivity index (χ0) is 30.9. The molecule has 0 spiro atoms. The number of anilines is 1. The average Bonchev–Trinajstić information content (AvgIpc) is 3.61. The molecule has 3 aliphatic rings. The van der Waals surface area contributed by atoms with Gasteiger partial charge in [0.25, 0.3) is 0 Å². The van der Waals surface area contributed by atoms with Crippen LogP contribution < -0.4 is 10.2 Å². The van der Waals surface area contributed by atoms with Crippen LogP contribution in [0.15, 0.2) is 24.3 Å². The Morgan fingerprint density at radius 1 is 1.09 bits per heavy atom. The summed E-state index contributed by atoms with van der Waals surface area (Å²) in [4.78, 5) is 36.7. The van der Waals surface area contributed by atoms with Crippen molar-refractivity contribution in [3.05, 3.63) is 35.2 Å². The van der Waals surface area contributed by atoms with Crippen molar-refractivity contribution in [2.75, 3.05) is 51.4 Å². The number of carbonyl (C=O) groups excluding carboxylic acids is 1. The number of imidazole rings is 1. The fourth-order valence-corrected chi connectivity index (χ4v) is 8.32. The molecular formula is C30H43ClN6O5S. The minimum absolute atomic E-state index is 0.00916. The number of hydrogen-bond donors (Lipinski definition) is 3. The third-order valence-corrected chi connectivity index (χ3v) is 11.3. The summed E-state index contributed by atoms with van der Waals surface area (Å²) in [5.74, 6) is 2.00. The monoisotopic (exact) mass is 634 g/mol. The van der Waals surface area contributed by atoms with Crippen LogP contribution in [-0.4, -0.2) is 91.2 Å². The Balaban J connectivity index is 1.37. The summed E-state index contributed by atoms with van der Waals surface area (Å²) >= 11 is 6.68. The van der Waals surface area contributed by atoms with Gasteiger partial charge in [-0.05, 0) is 88.4 Å².